The zero-order valence-corrected chi connectivity index (χ0v) is 31.8. The molecular weight excluding hydrogens is 701 g/mol. The summed E-state index contributed by atoms with van der Waals surface area (Å²) in [6, 6.07) is 61.6. The van der Waals surface area contributed by atoms with Gasteiger partial charge in [-0.25, -0.2) is 0 Å². The third-order valence-electron chi connectivity index (χ3n) is 10.8. The van der Waals surface area contributed by atoms with Crippen LogP contribution in [0.3, 0.4) is 0 Å². The van der Waals surface area contributed by atoms with Crippen molar-refractivity contribution in [3.63, 3.8) is 0 Å². The molecule has 0 aliphatic heterocycles. The Hall–Kier alpha value is -7.25. The first-order valence-corrected chi connectivity index (χ1v) is 19.3. The maximum atomic E-state index is 13.9. The molecule has 7 nitrogen and oxygen atoms in total. The number of tetrazole rings is 1. The minimum absolute atomic E-state index is 0.0461. The first-order valence-electron chi connectivity index (χ1n) is 19.3. The Balaban J connectivity index is 1.10. The summed E-state index contributed by atoms with van der Waals surface area (Å²) in [4.78, 5) is 20.5. The minimum atomic E-state index is -0.875. The second-order valence-electron chi connectivity index (χ2n) is 14.2. The lowest BCUT2D eigenvalue weighted by Gasteiger charge is -2.34. The van der Waals surface area contributed by atoms with Gasteiger partial charge in [0.25, 0.3) is 5.56 Å². The van der Waals surface area contributed by atoms with Gasteiger partial charge in [-0.3, -0.25) is 9.78 Å². The highest BCUT2D eigenvalue weighted by atomic mass is 16.1. The molecule has 0 aliphatic rings. The van der Waals surface area contributed by atoms with Crippen molar-refractivity contribution < 1.29 is 0 Å². The normalized spacial score (nSPS) is 11.5. The molecule has 276 valence electrons. The third kappa shape index (κ3) is 6.43. The number of hydrogen-bond donors (Lipinski definition) is 0. The lowest BCUT2D eigenvalue weighted by atomic mass is 9.77. The van der Waals surface area contributed by atoms with E-state index in [9.17, 15) is 4.79 Å². The summed E-state index contributed by atoms with van der Waals surface area (Å²) in [6.07, 6.45) is 0.781. The average molecular weight is 741 g/mol. The highest BCUT2D eigenvalue weighted by Crippen LogP contribution is 2.40. The molecule has 0 spiro atoms. The summed E-state index contributed by atoms with van der Waals surface area (Å²) in [5, 5.41) is 15.7. The fourth-order valence-electron chi connectivity index (χ4n) is 8.10. The number of fused-ring (bicyclic) bond motifs is 1. The van der Waals surface area contributed by atoms with E-state index in [2.05, 4.69) is 79.7 Å². The molecule has 0 atom stereocenters. The lowest BCUT2D eigenvalue weighted by molar-refractivity contribution is 0.396. The summed E-state index contributed by atoms with van der Waals surface area (Å²) in [7, 11) is 0. The largest absolute Gasteiger partial charge is 0.304 e. The summed E-state index contributed by atoms with van der Waals surface area (Å²) in [5.41, 5.74) is 10.7. The van der Waals surface area contributed by atoms with E-state index in [1.807, 2.05) is 115 Å². The van der Waals surface area contributed by atoms with Crippen LogP contribution < -0.4 is 5.56 Å². The van der Waals surface area contributed by atoms with E-state index in [4.69, 9.17) is 20.4 Å². The maximum Gasteiger partial charge on any atom is 0.251 e. The number of aryl methyl sites for hydroxylation is 2. The van der Waals surface area contributed by atoms with Gasteiger partial charge in [0, 0.05) is 28.4 Å². The van der Waals surface area contributed by atoms with Gasteiger partial charge in [-0.05, 0) is 69.1 Å². The number of hydrogen-bond acceptors (Lipinski definition) is 5. The Morgan fingerprint density at radius 3 is 1.68 bits per heavy atom. The van der Waals surface area contributed by atoms with E-state index in [0.717, 1.165) is 78.8 Å². The lowest BCUT2D eigenvalue weighted by Crippen LogP contribution is -2.39. The fourth-order valence-corrected chi connectivity index (χ4v) is 8.10. The van der Waals surface area contributed by atoms with Crippen LogP contribution in [0.4, 0.5) is 0 Å². The second kappa shape index (κ2) is 15.1. The molecule has 7 heteroatoms. The van der Waals surface area contributed by atoms with Crippen LogP contribution in [0.1, 0.15) is 40.6 Å². The van der Waals surface area contributed by atoms with Crippen LogP contribution in [0.2, 0.25) is 0 Å². The quantitative estimate of drug-likeness (QED) is 0.131. The topological polar surface area (TPSA) is 78.5 Å². The maximum absolute atomic E-state index is 13.9. The summed E-state index contributed by atoms with van der Waals surface area (Å²) in [6.45, 7) is 4.55. The molecule has 0 saturated heterocycles. The van der Waals surface area contributed by atoms with Crippen LogP contribution in [0.25, 0.3) is 44.5 Å². The molecule has 0 aliphatic carbocycles. The van der Waals surface area contributed by atoms with E-state index in [-0.39, 0.29) is 5.56 Å². The van der Waals surface area contributed by atoms with E-state index < -0.39 is 5.54 Å². The predicted molar refractivity (Wildman–Crippen MR) is 228 cm³/mol. The zero-order chi connectivity index (χ0) is 38.8. The van der Waals surface area contributed by atoms with Crippen molar-refractivity contribution in [3.8, 4) is 33.6 Å². The van der Waals surface area contributed by atoms with Gasteiger partial charge in [0.05, 0.1) is 12.1 Å². The number of benzene rings is 6. The van der Waals surface area contributed by atoms with Crippen molar-refractivity contribution in [2.24, 2.45) is 0 Å². The van der Waals surface area contributed by atoms with Crippen LogP contribution in [0.5, 0.6) is 0 Å². The summed E-state index contributed by atoms with van der Waals surface area (Å²) >= 11 is 0. The van der Waals surface area contributed by atoms with Crippen molar-refractivity contribution in [1.29, 1.82) is 0 Å². The van der Waals surface area contributed by atoms with Crippen molar-refractivity contribution in [2.75, 3.05) is 0 Å². The molecule has 0 amide bonds. The number of nitrogens with zero attached hydrogens (tertiary/aromatic N) is 6. The molecule has 0 radical (unpaired) electrons. The van der Waals surface area contributed by atoms with Gasteiger partial charge in [0.1, 0.15) is 0 Å². The van der Waals surface area contributed by atoms with Crippen LogP contribution >= 0.6 is 0 Å². The smallest absolute Gasteiger partial charge is 0.251 e. The van der Waals surface area contributed by atoms with Gasteiger partial charge in [-0.15, -0.1) is 15.0 Å². The average Bonchev–Trinajstić information content (AvgIpc) is 3.77. The number of rotatable bonds is 10. The van der Waals surface area contributed by atoms with Crippen LogP contribution in [0.15, 0.2) is 187 Å². The van der Waals surface area contributed by atoms with Crippen LogP contribution in [-0.4, -0.2) is 29.8 Å². The predicted octanol–water partition coefficient (Wildman–Crippen LogP) is 10.1. The Kier molecular flexibility index (Phi) is 9.40. The number of pyridine rings is 2. The van der Waals surface area contributed by atoms with Gasteiger partial charge in [-0.2, -0.15) is 0 Å². The van der Waals surface area contributed by atoms with Crippen molar-refractivity contribution >= 4 is 10.9 Å². The molecule has 3 heterocycles. The van der Waals surface area contributed by atoms with Crippen LogP contribution in [0, 0.1) is 6.92 Å². The number of aromatic nitrogens is 6. The molecule has 0 fully saturated rings. The first kappa shape index (κ1) is 35.5. The molecule has 0 saturated carbocycles. The Morgan fingerprint density at radius 1 is 0.579 bits per heavy atom. The van der Waals surface area contributed by atoms with Crippen molar-refractivity contribution in [2.45, 2.75) is 32.4 Å². The zero-order valence-electron chi connectivity index (χ0n) is 31.8. The van der Waals surface area contributed by atoms with Crippen molar-refractivity contribution in [1.82, 2.24) is 29.8 Å². The van der Waals surface area contributed by atoms with E-state index in [1.54, 1.807) is 10.9 Å². The molecule has 6 aromatic carbocycles. The van der Waals surface area contributed by atoms with Crippen LogP contribution in [-0.2, 0) is 18.5 Å². The standard InChI is InChI=1S/C50H40N6O/c1-3-42-32-46-48(35(2)51-42)45(37-18-8-4-9-19-37)33-47(57)55(46)34-36-28-30-38(31-29-36)43-26-16-17-27-44(43)49-52-54-56(53-49)50(39-20-10-5-11-21-39,40-22-12-6-13-23-40)41-24-14-7-15-25-41/h4-33H,3,34H2,1-2H3. The molecule has 9 rings (SSSR count). The monoisotopic (exact) mass is 740 g/mol. The van der Waals surface area contributed by atoms with E-state index in [0.29, 0.717) is 12.4 Å². The Labute approximate surface area is 331 Å². The molecule has 0 N–H and O–H groups in total. The summed E-state index contributed by atoms with van der Waals surface area (Å²) in [5.74, 6) is 0.522. The highest BCUT2D eigenvalue weighted by molar-refractivity contribution is 5.96. The molecule has 9 aromatic rings. The Bertz CT molecular complexity index is 2770. The van der Waals surface area contributed by atoms with Gasteiger partial charge >= 0.3 is 0 Å². The Morgan fingerprint density at radius 2 is 1.11 bits per heavy atom. The molecule has 0 unspecified atom stereocenters. The summed E-state index contributed by atoms with van der Waals surface area (Å²) < 4.78 is 1.87. The second-order valence-corrected chi connectivity index (χ2v) is 14.2. The molecule has 57 heavy (non-hydrogen) atoms. The molecule has 0 bridgehead atoms. The minimum Gasteiger partial charge on any atom is -0.304 e. The first-order chi connectivity index (χ1) is 28.0. The molecule has 3 aromatic heterocycles. The van der Waals surface area contributed by atoms with E-state index in [1.165, 1.54) is 0 Å². The van der Waals surface area contributed by atoms with Crippen molar-refractivity contribution in [3.05, 3.63) is 226 Å². The van der Waals surface area contributed by atoms with Gasteiger partial charge < -0.3 is 4.57 Å². The van der Waals surface area contributed by atoms with Gasteiger partial charge in [0.2, 0.25) is 5.82 Å². The van der Waals surface area contributed by atoms with E-state index >= 15 is 0 Å². The van der Waals surface area contributed by atoms with Gasteiger partial charge in [-0.1, -0.05) is 177 Å². The fraction of sp³-hybridized carbons (Fsp3) is 0.100. The highest BCUT2D eigenvalue weighted by Gasteiger charge is 2.41. The third-order valence-corrected chi connectivity index (χ3v) is 10.8. The SMILES string of the molecule is CCc1cc2c(c(-c3ccccc3)cc(=O)n2Cc2ccc(-c3ccccc3-c3nnn(C(c4ccccc4)(c4ccccc4)c4ccccc4)n3)cc2)c(C)n1. The molecular formula is C50H40N6O. The van der Waals surface area contributed by atoms with Gasteiger partial charge in [0.15, 0.2) is 5.54 Å².